The standard InChI is InChI=1S/C22H27N3O4/c1-28-19-6-2-4-17(14-19)21(26)7-8-22(27)24-16-20(18-5-3-9-23-15-18)25-10-12-29-13-11-25/h2-6,9,14-15,20H,7-8,10-13,16H2,1H3,(H,24,27). The number of methoxy groups -OCH3 is 1. The summed E-state index contributed by atoms with van der Waals surface area (Å²) >= 11 is 0. The summed E-state index contributed by atoms with van der Waals surface area (Å²) in [6.45, 7) is 3.45. The second-order valence-electron chi connectivity index (χ2n) is 6.91. The van der Waals surface area contributed by atoms with Gasteiger partial charge < -0.3 is 14.8 Å². The minimum absolute atomic E-state index is 0.0330. The van der Waals surface area contributed by atoms with Gasteiger partial charge in [-0.25, -0.2) is 0 Å². The molecular weight excluding hydrogens is 370 g/mol. The highest BCUT2D eigenvalue weighted by Crippen LogP contribution is 2.20. The average molecular weight is 397 g/mol. The molecule has 1 aromatic heterocycles. The van der Waals surface area contributed by atoms with E-state index in [0.717, 1.165) is 18.7 Å². The molecule has 0 aliphatic carbocycles. The van der Waals surface area contributed by atoms with Crippen LogP contribution < -0.4 is 10.1 Å². The Morgan fingerprint density at radius 1 is 1.21 bits per heavy atom. The van der Waals surface area contributed by atoms with E-state index in [1.807, 2.05) is 18.3 Å². The van der Waals surface area contributed by atoms with Gasteiger partial charge in [0.05, 0.1) is 26.4 Å². The number of morpholine rings is 1. The van der Waals surface area contributed by atoms with Gasteiger partial charge in [-0.05, 0) is 23.8 Å². The zero-order valence-electron chi connectivity index (χ0n) is 16.7. The van der Waals surface area contributed by atoms with Crippen LogP contribution in [0.5, 0.6) is 5.75 Å². The van der Waals surface area contributed by atoms with E-state index in [9.17, 15) is 9.59 Å². The van der Waals surface area contributed by atoms with Crippen molar-refractivity contribution in [3.63, 3.8) is 0 Å². The number of nitrogens with one attached hydrogen (secondary N) is 1. The molecule has 7 nitrogen and oxygen atoms in total. The van der Waals surface area contributed by atoms with Gasteiger partial charge in [0.1, 0.15) is 5.75 Å². The monoisotopic (exact) mass is 397 g/mol. The van der Waals surface area contributed by atoms with Crippen molar-refractivity contribution in [2.24, 2.45) is 0 Å². The zero-order chi connectivity index (χ0) is 20.5. The fourth-order valence-corrected chi connectivity index (χ4v) is 3.39. The van der Waals surface area contributed by atoms with E-state index in [1.165, 1.54) is 0 Å². The fourth-order valence-electron chi connectivity index (χ4n) is 3.39. The maximum absolute atomic E-state index is 12.4. The molecule has 1 atom stereocenters. The highest BCUT2D eigenvalue weighted by molar-refractivity contribution is 5.98. The van der Waals surface area contributed by atoms with Crippen LogP contribution in [-0.4, -0.2) is 61.5 Å². The molecule has 0 radical (unpaired) electrons. The van der Waals surface area contributed by atoms with Crippen molar-refractivity contribution in [2.45, 2.75) is 18.9 Å². The number of ketones is 1. The molecule has 1 unspecified atom stereocenters. The van der Waals surface area contributed by atoms with E-state index < -0.39 is 0 Å². The van der Waals surface area contributed by atoms with E-state index in [-0.39, 0.29) is 30.6 Å². The van der Waals surface area contributed by atoms with Gasteiger partial charge in [0.2, 0.25) is 5.91 Å². The van der Waals surface area contributed by atoms with Crippen LogP contribution in [0.3, 0.4) is 0 Å². The van der Waals surface area contributed by atoms with Crippen molar-refractivity contribution in [2.75, 3.05) is 40.0 Å². The van der Waals surface area contributed by atoms with Crippen molar-refractivity contribution >= 4 is 11.7 Å². The number of carbonyl (C=O) groups is 2. The number of ether oxygens (including phenoxy) is 2. The number of amides is 1. The molecule has 1 amide bonds. The van der Waals surface area contributed by atoms with Crippen molar-refractivity contribution in [1.82, 2.24) is 15.2 Å². The van der Waals surface area contributed by atoms with Crippen LogP contribution in [0.4, 0.5) is 0 Å². The van der Waals surface area contributed by atoms with Crippen LogP contribution in [0.1, 0.15) is 34.8 Å². The van der Waals surface area contributed by atoms with Crippen molar-refractivity contribution < 1.29 is 19.1 Å². The van der Waals surface area contributed by atoms with Crippen LogP contribution in [0.2, 0.25) is 0 Å². The normalized spacial score (nSPS) is 15.5. The molecule has 7 heteroatoms. The molecule has 1 aromatic carbocycles. The van der Waals surface area contributed by atoms with Crippen molar-refractivity contribution in [3.05, 3.63) is 59.9 Å². The topological polar surface area (TPSA) is 80.8 Å². The number of nitrogens with zero attached hydrogens (tertiary/aromatic N) is 2. The molecule has 1 aliphatic rings. The summed E-state index contributed by atoms with van der Waals surface area (Å²) in [4.78, 5) is 31.2. The van der Waals surface area contributed by atoms with Crippen LogP contribution in [-0.2, 0) is 9.53 Å². The van der Waals surface area contributed by atoms with Gasteiger partial charge in [-0.15, -0.1) is 0 Å². The summed E-state index contributed by atoms with van der Waals surface area (Å²) in [5.74, 6) is 0.421. The molecule has 2 aromatic rings. The lowest BCUT2D eigenvalue weighted by Gasteiger charge is -2.34. The van der Waals surface area contributed by atoms with Gasteiger partial charge in [0.25, 0.3) is 0 Å². The molecule has 1 saturated heterocycles. The average Bonchev–Trinajstić information content (AvgIpc) is 2.79. The number of Topliss-reactive ketones (excluding diaryl/α,β-unsaturated/α-hetero) is 1. The first-order valence-electron chi connectivity index (χ1n) is 9.83. The van der Waals surface area contributed by atoms with Crippen LogP contribution >= 0.6 is 0 Å². The number of rotatable bonds is 9. The Kier molecular flexibility index (Phi) is 7.72. The first-order chi connectivity index (χ1) is 14.2. The number of benzene rings is 1. The van der Waals surface area contributed by atoms with E-state index in [2.05, 4.69) is 15.2 Å². The molecule has 1 fully saturated rings. The largest absolute Gasteiger partial charge is 0.497 e. The molecule has 2 heterocycles. The van der Waals surface area contributed by atoms with E-state index in [4.69, 9.17) is 9.47 Å². The highest BCUT2D eigenvalue weighted by atomic mass is 16.5. The highest BCUT2D eigenvalue weighted by Gasteiger charge is 2.23. The van der Waals surface area contributed by atoms with Crippen LogP contribution in [0.15, 0.2) is 48.8 Å². The van der Waals surface area contributed by atoms with Gasteiger partial charge in [0.15, 0.2) is 5.78 Å². The molecule has 3 rings (SSSR count). The van der Waals surface area contributed by atoms with Crippen molar-refractivity contribution in [1.29, 1.82) is 0 Å². The maximum atomic E-state index is 12.4. The van der Waals surface area contributed by atoms with Crippen LogP contribution in [0.25, 0.3) is 0 Å². The quantitative estimate of drug-likeness (QED) is 0.654. The van der Waals surface area contributed by atoms with Gasteiger partial charge in [-0.1, -0.05) is 18.2 Å². The number of pyridine rings is 1. The van der Waals surface area contributed by atoms with E-state index in [1.54, 1.807) is 37.6 Å². The number of hydrogen-bond acceptors (Lipinski definition) is 6. The lowest BCUT2D eigenvalue weighted by Crippen LogP contribution is -2.43. The number of carbonyl (C=O) groups excluding carboxylic acids is 2. The zero-order valence-corrected chi connectivity index (χ0v) is 16.7. The van der Waals surface area contributed by atoms with E-state index >= 15 is 0 Å². The molecular formula is C22H27N3O4. The predicted molar refractivity (Wildman–Crippen MR) is 109 cm³/mol. The van der Waals surface area contributed by atoms with Crippen molar-refractivity contribution in [3.8, 4) is 5.75 Å². The minimum atomic E-state index is -0.136. The Labute approximate surface area is 171 Å². The summed E-state index contributed by atoms with van der Waals surface area (Å²) in [7, 11) is 1.56. The van der Waals surface area contributed by atoms with Gasteiger partial charge in [-0.2, -0.15) is 0 Å². The summed E-state index contributed by atoms with van der Waals surface area (Å²) in [5.41, 5.74) is 1.61. The van der Waals surface area contributed by atoms with Gasteiger partial charge >= 0.3 is 0 Å². The lowest BCUT2D eigenvalue weighted by atomic mass is 10.1. The smallest absolute Gasteiger partial charge is 0.220 e. The molecule has 0 saturated carbocycles. The Balaban J connectivity index is 1.53. The van der Waals surface area contributed by atoms with Crippen LogP contribution in [0, 0.1) is 0 Å². The first kappa shape index (κ1) is 21.0. The third kappa shape index (κ3) is 6.10. The Hall–Kier alpha value is -2.77. The second-order valence-corrected chi connectivity index (χ2v) is 6.91. The summed E-state index contributed by atoms with van der Waals surface area (Å²) in [6, 6.07) is 10.9. The molecule has 1 aliphatic heterocycles. The SMILES string of the molecule is COc1cccc(C(=O)CCC(=O)NCC(c2cccnc2)N2CCOCC2)c1. The summed E-state index contributed by atoms with van der Waals surface area (Å²) in [6.07, 6.45) is 3.88. The maximum Gasteiger partial charge on any atom is 0.220 e. The molecule has 29 heavy (non-hydrogen) atoms. The third-order valence-corrected chi connectivity index (χ3v) is 5.02. The number of hydrogen-bond donors (Lipinski definition) is 1. The first-order valence-corrected chi connectivity index (χ1v) is 9.83. The van der Waals surface area contributed by atoms with E-state index in [0.29, 0.717) is 31.1 Å². The Morgan fingerprint density at radius 2 is 2.03 bits per heavy atom. The Bertz CT molecular complexity index is 807. The van der Waals surface area contributed by atoms with Gasteiger partial charge in [-0.3, -0.25) is 19.5 Å². The summed E-state index contributed by atoms with van der Waals surface area (Å²) in [5, 5.41) is 2.98. The summed E-state index contributed by atoms with van der Waals surface area (Å²) < 4.78 is 10.6. The number of aromatic nitrogens is 1. The fraction of sp³-hybridized carbons (Fsp3) is 0.409. The minimum Gasteiger partial charge on any atom is -0.497 e. The molecule has 1 N–H and O–H groups in total. The molecule has 154 valence electrons. The predicted octanol–water partition coefficient (Wildman–Crippen LogP) is 2.24. The lowest BCUT2D eigenvalue weighted by molar-refractivity contribution is -0.121. The molecule has 0 spiro atoms. The second kappa shape index (κ2) is 10.7. The van der Waals surface area contributed by atoms with Gasteiger partial charge in [0, 0.05) is 50.4 Å². The third-order valence-electron chi connectivity index (χ3n) is 5.02. The Morgan fingerprint density at radius 3 is 2.76 bits per heavy atom. The molecule has 0 bridgehead atoms.